The monoisotopic (exact) mass is 527 g/mol. The van der Waals surface area contributed by atoms with Gasteiger partial charge in [-0.3, -0.25) is 9.69 Å². The Hall–Kier alpha value is -3.84. The number of rotatable bonds is 9. The van der Waals surface area contributed by atoms with Crippen molar-refractivity contribution in [1.82, 2.24) is 9.47 Å². The van der Waals surface area contributed by atoms with Crippen LogP contribution in [0.25, 0.3) is 22.2 Å². The predicted molar refractivity (Wildman–Crippen MR) is 155 cm³/mol. The third-order valence-electron chi connectivity index (χ3n) is 7.68. The molecule has 3 aromatic carbocycles. The average molecular weight is 528 g/mol. The van der Waals surface area contributed by atoms with Gasteiger partial charge in [0.2, 0.25) is 0 Å². The molecule has 0 amide bonds. The molecule has 2 heterocycles. The first kappa shape index (κ1) is 26.8. The highest BCUT2D eigenvalue weighted by atomic mass is 16.6. The number of benzene rings is 3. The van der Waals surface area contributed by atoms with Crippen LogP contribution in [0.15, 0.2) is 82.0 Å². The molecule has 204 valence electrons. The molecular formula is C32H37N3O4. The summed E-state index contributed by atoms with van der Waals surface area (Å²) in [6.07, 6.45) is 0.467. The van der Waals surface area contributed by atoms with Gasteiger partial charge >= 0.3 is 11.7 Å². The molecule has 5 rings (SSSR count). The molecule has 0 radical (unpaired) electrons. The minimum absolute atomic E-state index is 0.222. The van der Waals surface area contributed by atoms with Crippen molar-refractivity contribution in [2.24, 2.45) is 5.92 Å². The molecule has 1 aliphatic heterocycles. The van der Waals surface area contributed by atoms with Crippen molar-refractivity contribution < 1.29 is 13.9 Å². The van der Waals surface area contributed by atoms with Crippen LogP contribution < -0.4 is 10.7 Å². The fourth-order valence-electron chi connectivity index (χ4n) is 5.18. The first-order chi connectivity index (χ1) is 19.0. The summed E-state index contributed by atoms with van der Waals surface area (Å²) in [6.45, 7) is 10.0. The molecule has 0 saturated carbocycles. The quantitative estimate of drug-likeness (QED) is 0.246. The second-order valence-corrected chi connectivity index (χ2v) is 10.3. The number of carbonyl (C=O) groups excluding carboxylic acids is 1. The van der Waals surface area contributed by atoms with E-state index in [0.29, 0.717) is 23.9 Å². The molecule has 1 aliphatic rings. The molecule has 1 saturated heterocycles. The second kappa shape index (κ2) is 11.9. The highest BCUT2D eigenvalue weighted by Gasteiger charge is 2.26. The van der Waals surface area contributed by atoms with Crippen molar-refractivity contribution in [2.75, 3.05) is 31.1 Å². The van der Waals surface area contributed by atoms with Gasteiger partial charge in [-0.2, -0.15) is 0 Å². The van der Waals surface area contributed by atoms with Gasteiger partial charge in [0.05, 0.1) is 17.1 Å². The van der Waals surface area contributed by atoms with Crippen LogP contribution in [-0.4, -0.2) is 41.6 Å². The van der Waals surface area contributed by atoms with Crippen molar-refractivity contribution in [3.8, 4) is 11.1 Å². The molecule has 1 aromatic heterocycles. The minimum atomic E-state index is -0.695. The minimum Gasteiger partial charge on any atom is -0.441 e. The van der Waals surface area contributed by atoms with E-state index in [2.05, 4.69) is 58.3 Å². The Kier molecular flexibility index (Phi) is 8.17. The molecule has 0 bridgehead atoms. The number of carbonyl (C=O) groups is 1. The normalized spacial score (nSPS) is 15.8. The van der Waals surface area contributed by atoms with Crippen LogP contribution in [0.5, 0.6) is 0 Å². The fourth-order valence-corrected chi connectivity index (χ4v) is 5.18. The lowest BCUT2D eigenvalue weighted by Gasteiger charge is -2.36. The maximum atomic E-state index is 13.0. The van der Waals surface area contributed by atoms with Gasteiger partial charge in [-0.1, -0.05) is 75.4 Å². The number of esters is 1. The van der Waals surface area contributed by atoms with E-state index in [-0.39, 0.29) is 11.9 Å². The number of hydrogen-bond donors (Lipinski definition) is 0. The van der Waals surface area contributed by atoms with Crippen LogP contribution in [0.2, 0.25) is 0 Å². The lowest BCUT2D eigenvalue weighted by Crippen LogP contribution is -2.46. The molecule has 0 aliphatic carbocycles. The maximum absolute atomic E-state index is 13.0. The van der Waals surface area contributed by atoms with E-state index in [0.717, 1.165) is 38.4 Å². The highest BCUT2D eigenvalue weighted by Crippen LogP contribution is 2.30. The average Bonchev–Trinajstić information content (AvgIpc) is 3.32. The number of aromatic nitrogens is 1. The molecule has 39 heavy (non-hydrogen) atoms. The van der Waals surface area contributed by atoms with E-state index in [1.165, 1.54) is 21.3 Å². The number of oxazole rings is 1. The summed E-state index contributed by atoms with van der Waals surface area (Å²) in [6, 6.07) is 25.0. The van der Waals surface area contributed by atoms with Crippen molar-refractivity contribution in [3.63, 3.8) is 0 Å². The zero-order valence-corrected chi connectivity index (χ0v) is 23.0. The summed E-state index contributed by atoms with van der Waals surface area (Å²) >= 11 is 0. The third-order valence-corrected chi connectivity index (χ3v) is 7.68. The Balaban J connectivity index is 1.29. The molecule has 0 spiro atoms. The van der Waals surface area contributed by atoms with Crippen LogP contribution in [-0.2, 0) is 16.1 Å². The Bertz CT molecular complexity index is 1470. The lowest BCUT2D eigenvalue weighted by molar-refractivity contribution is -0.158. The third kappa shape index (κ3) is 5.78. The van der Waals surface area contributed by atoms with E-state index < -0.39 is 12.0 Å². The summed E-state index contributed by atoms with van der Waals surface area (Å²) in [4.78, 5) is 30.2. The van der Waals surface area contributed by atoms with Gasteiger partial charge in [-0.05, 0) is 41.3 Å². The fraction of sp³-hybridized carbons (Fsp3) is 0.375. The number of ether oxygens (including phenoxy) is 1. The van der Waals surface area contributed by atoms with Gasteiger partial charge in [-0.15, -0.1) is 0 Å². The van der Waals surface area contributed by atoms with Gasteiger partial charge in [-0.25, -0.2) is 9.36 Å². The van der Waals surface area contributed by atoms with E-state index in [9.17, 15) is 9.59 Å². The lowest BCUT2D eigenvalue weighted by atomic mass is 10.0. The van der Waals surface area contributed by atoms with Crippen molar-refractivity contribution in [2.45, 2.75) is 46.4 Å². The molecule has 2 atom stereocenters. The number of hydrogen-bond acceptors (Lipinski definition) is 6. The predicted octanol–water partition coefficient (Wildman–Crippen LogP) is 6.08. The first-order valence-corrected chi connectivity index (χ1v) is 13.9. The zero-order chi connectivity index (χ0) is 27.4. The van der Waals surface area contributed by atoms with Gasteiger partial charge in [0.25, 0.3) is 0 Å². The molecule has 7 nitrogen and oxygen atoms in total. The number of para-hydroxylation sites is 1. The number of nitrogens with zero attached hydrogens (tertiary/aromatic N) is 3. The second-order valence-electron chi connectivity index (χ2n) is 10.3. The van der Waals surface area contributed by atoms with E-state index in [1.54, 1.807) is 0 Å². The van der Waals surface area contributed by atoms with Crippen LogP contribution in [0.1, 0.15) is 45.4 Å². The van der Waals surface area contributed by atoms with E-state index >= 15 is 0 Å². The van der Waals surface area contributed by atoms with Crippen LogP contribution in [0.4, 0.5) is 5.69 Å². The largest absolute Gasteiger partial charge is 0.441 e. The number of piperazine rings is 1. The van der Waals surface area contributed by atoms with Gasteiger partial charge in [0, 0.05) is 39.1 Å². The first-order valence-electron chi connectivity index (χ1n) is 13.9. The van der Waals surface area contributed by atoms with Crippen LogP contribution >= 0.6 is 0 Å². The molecular weight excluding hydrogens is 490 g/mol. The Morgan fingerprint density at radius 1 is 0.897 bits per heavy atom. The maximum Gasteiger partial charge on any atom is 0.423 e. The Labute approximate surface area is 229 Å². The Morgan fingerprint density at radius 3 is 2.33 bits per heavy atom. The molecule has 1 fully saturated rings. The summed E-state index contributed by atoms with van der Waals surface area (Å²) in [5.41, 5.74) is 5.86. The molecule has 2 unspecified atom stereocenters. The summed E-state index contributed by atoms with van der Waals surface area (Å²) < 4.78 is 13.0. The van der Waals surface area contributed by atoms with Crippen LogP contribution in [0, 0.1) is 5.92 Å². The molecule has 0 N–H and O–H groups in total. The molecule has 7 heteroatoms. The summed E-state index contributed by atoms with van der Waals surface area (Å²) in [5, 5.41) is 0. The number of fused-ring (bicyclic) bond motifs is 1. The molecule has 4 aromatic rings. The van der Waals surface area contributed by atoms with Crippen molar-refractivity contribution in [1.29, 1.82) is 0 Å². The number of anilines is 1. The van der Waals surface area contributed by atoms with Crippen LogP contribution in [0.3, 0.4) is 0 Å². The smallest absolute Gasteiger partial charge is 0.423 e. The topological polar surface area (TPSA) is 67.9 Å². The summed E-state index contributed by atoms with van der Waals surface area (Å²) in [7, 11) is 0. The van der Waals surface area contributed by atoms with Gasteiger partial charge < -0.3 is 14.1 Å². The standard InChI is InChI=1S/C32H37N3O4/c1-4-23(3)31(36)38-29(5-2)35-28-16-10-15-27(30(28)39-32(35)37)34-19-17-33(18-20-34)22-24-11-9-14-26(21-24)25-12-7-6-8-13-25/h6-16,21,23,29H,4-5,17-20,22H2,1-3H3. The zero-order valence-electron chi connectivity index (χ0n) is 23.0. The van der Waals surface area contributed by atoms with Gasteiger partial charge in [0.1, 0.15) is 0 Å². The highest BCUT2D eigenvalue weighted by molar-refractivity contribution is 5.87. The van der Waals surface area contributed by atoms with E-state index in [1.807, 2.05) is 45.0 Å². The van der Waals surface area contributed by atoms with E-state index in [4.69, 9.17) is 9.15 Å². The SMILES string of the molecule is CCC(C)C(=O)OC(CC)n1c(=O)oc2c(N3CCN(Cc4cccc(-c5ccccc5)c4)CC3)cccc21. The Morgan fingerprint density at radius 2 is 1.62 bits per heavy atom. The summed E-state index contributed by atoms with van der Waals surface area (Å²) in [5.74, 6) is -1.02. The van der Waals surface area contributed by atoms with Gasteiger partial charge in [0.15, 0.2) is 11.8 Å². The van der Waals surface area contributed by atoms with Crippen molar-refractivity contribution >= 4 is 22.8 Å². The van der Waals surface area contributed by atoms with Crippen molar-refractivity contribution in [3.05, 3.63) is 88.9 Å².